The molecule has 0 fully saturated rings. The monoisotopic (exact) mass is 255 g/mol. The maximum Gasteiger partial charge on any atom is 0.265 e. The fourth-order valence-corrected chi connectivity index (χ4v) is 1.07. The first-order chi connectivity index (χ1) is 4.70. The van der Waals surface area contributed by atoms with Gasteiger partial charge in [0.05, 0.1) is 0 Å². The second kappa shape index (κ2) is 3.23. The molecule has 0 aliphatic carbocycles. The predicted molar refractivity (Wildman–Crippen MR) is 41.9 cm³/mol. The minimum atomic E-state index is -2.41. The molecule has 0 N–H and O–H groups in total. The molecular formula is C6H4F2IN. The zero-order chi connectivity index (χ0) is 7.56. The van der Waals surface area contributed by atoms with Gasteiger partial charge in [-0.15, -0.1) is 0 Å². The van der Waals surface area contributed by atoms with E-state index >= 15 is 0 Å². The molecule has 0 saturated heterocycles. The lowest BCUT2D eigenvalue weighted by Crippen LogP contribution is -1.86. The number of rotatable bonds is 1. The van der Waals surface area contributed by atoms with E-state index in [2.05, 4.69) is 4.98 Å². The van der Waals surface area contributed by atoms with Gasteiger partial charge in [-0.3, -0.25) is 4.98 Å². The molecule has 0 aromatic carbocycles. The van der Waals surface area contributed by atoms with Gasteiger partial charge in [0.15, 0.2) is 0 Å². The zero-order valence-electron chi connectivity index (χ0n) is 4.89. The molecule has 0 radical (unpaired) electrons. The second-order valence-electron chi connectivity index (χ2n) is 1.74. The van der Waals surface area contributed by atoms with Gasteiger partial charge in [0, 0.05) is 21.5 Å². The minimum Gasteiger partial charge on any atom is -0.263 e. The van der Waals surface area contributed by atoms with Crippen LogP contribution in [0.25, 0.3) is 0 Å². The van der Waals surface area contributed by atoms with Gasteiger partial charge < -0.3 is 0 Å². The van der Waals surface area contributed by atoms with Gasteiger partial charge in [-0.25, -0.2) is 8.78 Å². The highest BCUT2D eigenvalue weighted by Crippen LogP contribution is 2.18. The summed E-state index contributed by atoms with van der Waals surface area (Å²) in [7, 11) is 0. The molecule has 54 valence electrons. The molecule has 1 nitrogen and oxygen atoms in total. The van der Waals surface area contributed by atoms with Crippen LogP contribution in [0.15, 0.2) is 18.5 Å². The van der Waals surface area contributed by atoms with Gasteiger partial charge >= 0.3 is 0 Å². The van der Waals surface area contributed by atoms with Crippen molar-refractivity contribution in [2.24, 2.45) is 0 Å². The summed E-state index contributed by atoms with van der Waals surface area (Å²) in [5.74, 6) is 0. The first kappa shape index (κ1) is 7.84. The van der Waals surface area contributed by atoms with E-state index in [1.54, 1.807) is 0 Å². The standard InChI is InChI=1S/C6H4F2IN/c7-6(8)4-1-5(9)3-10-2-4/h1-3,6H. The van der Waals surface area contributed by atoms with Gasteiger partial charge in [-0.2, -0.15) is 0 Å². The van der Waals surface area contributed by atoms with Crippen LogP contribution in [0.2, 0.25) is 0 Å². The van der Waals surface area contributed by atoms with E-state index in [1.807, 2.05) is 22.6 Å². The molecule has 1 heterocycles. The van der Waals surface area contributed by atoms with Crippen LogP contribution in [0.5, 0.6) is 0 Å². The van der Waals surface area contributed by atoms with E-state index in [1.165, 1.54) is 18.5 Å². The Bertz CT molecular complexity index is 227. The van der Waals surface area contributed by atoms with Crippen LogP contribution in [0.1, 0.15) is 12.0 Å². The third kappa shape index (κ3) is 1.86. The molecule has 0 atom stereocenters. The van der Waals surface area contributed by atoms with E-state index in [0.29, 0.717) is 0 Å². The van der Waals surface area contributed by atoms with Gasteiger partial charge in [0.25, 0.3) is 6.43 Å². The van der Waals surface area contributed by atoms with Crippen LogP contribution in [0.4, 0.5) is 8.78 Å². The van der Waals surface area contributed by atoms with Gasteiger partial charge in [0.1, 0.15) is 0 Å². The van der Waals surface area contributed by atoms with Crippen LogP contribution >= 0.6 is 22.6 Å². The quantitative estimate of drug-likeness (QED) is 0.703. The summed E-state index contributed by atoms with van der Waals surface area (Å²) < 4.78 is 24.5. The Kier molecular flexibility index (Phi) is 2.53. The lowest BCUT2D eigenvalue weighted by atomic mass is 10.3. The lowest BCUT2D eigenvalue weighted by molar-refractivity contribution is 0.151. The maximum absolute atomic E-state index is 11.9. The van der Waals surface area contributed by atoms with Crippen LogP contribution in [-0.2, 0) is 0 Å². The van der Waals surface area contributed by atoms with Crippen LogP contribution in [0, 0.1) is 3.57 Å². The summed E-state index contributed by atoms with van der Waals surface area (Å²) in [5, 5.41) is 0. The molecule has 1 rings (SSSR count). The average Bonchev–Trinajstić information content (AvgIpc) is 1.88. The molecule has 1 aromatic rings. The topological polar surface area (TPSA) is 12.9 Å². The van der Waals surface area contributed by atoms with E-state index in [0.717, 1.165) is 3.57 Å². The molecule has 0 saturated carbocycles. The summed E-state index contributed by atoms with van der Waals surface area (Å²) in [5.41, 5.74) is -0.0214. The van der Waals surface area contributed by atoms with E-state index in [4.69, 9.17) is 0 Å². The Morgan fingerprint density at radius 1 is 1.40 bits per heavy atom. The van der Waals surface area contributed by atoms with Gasteiger partial charge in [0.2, 0.25) is 0 Å². The summed E-state index contributed by atoms with van der Waals surface area (Å²) in [6, 6.07) is 1.41. The summed E-state index contributed by atoms with van der Waals surface area (Å²) in [6.07, 6.45) is 0.293. The summed E-state index contributed by atoms with van der Waals surface area (Å²) >= 11 is 1.94. The molecule has 0 aliphatic heterocycles. The Morgan fingerprint density at radius 2 is 2.10 bits per heavy atom. The normalized spacial score (nSPS) is 10.4. The molecule has 0 spiro atoms. The first-order valence-corrected chi connectivity index (χ1v) is 3.66. The Morgan fingerprint density at radius 3 is 2.50 bits per heavy atom. The molecule has 1 aromatic heterocycles. The number of hydrogen-bond donors (Lipinski definition) is 0. The summed E-state index contributed by atoms with van der Waals surface area (Å²) in [6.45, 7) is 0. The van der Waals surface area contributed by atoms with Crippen molar-refractivity contribution in [1.29, 1.82) is 0 Å². The van der Waals surface area contributed by atoms with Crippen LogP contribution < -0.4 is 0 Å². The number of aromatic nitrogens is 1. The zero-order valence-corrected chi connectivity index (χ0v) is 7.05. The van der Waals surface area contributed by atoms with Crippen molar-refractivity contribution < 1.29 is 8.78 Å². The molecule has 0 aliphatic rings. The Balaban J connectivity index is 2.96. The number of hydrogen-bond acceptors (Lipinski definition) is 1. The maximum atomic E-state index is 11.9. The first-order valence-electron chi connectivity index (χ1n) is 2.59. The number of nitrogens with zero attached hydrogens (tertiary/aromatic N) is 1. The third-order valence-electron chi connectivity index (χ3n) is 0.978. The van der Waals surface area contributed by atoms with Crippen molar-refractivity contribution in [2.75, 3.05) is 0 Å². The fourth-order valence-electron chi connectivity index (χ4n) is 0.548. The molecular weight excluding hydrogens is 251 g/mol. The third-order valence-corrected chi connectivity index (χ3v) is 1.57. The van der Waals surface area contributed by atoms with Crippen molar-refractivity contribution in [3.8, 4) is 0 Å². The SMILES string of the molecule is FC(F)c1cncc(I)c1. The molecule has 0 unspecified atom stereocenters. The van der Waals surface area contributed by atoms with Crippen LogP contribution in [0.3, 0.4) is 0 Å². The lowest BCUT2D eigenvalue weighted by Gasteiger charge is -1.96. The van der Waals surface area contributed by atoms with E-state index in [-0.39, 0.29) is 5.56 Å². The molecule has 0 amide bonds. The van der Waals surface area contributed by atoms with Crippen molar-refractivity contribution in [2.45, 2.75) is 6.43 Å². The molecule has 10 heavy (non-hydrogen) atoms. The largest absolute Gasteiger partial charge is 0.265 e. The number of halogens is 3. The smallest absolute Gasteiger partial charge is 0.263 e. The number of pyridine rings is 1. The Hall–Kier alpha value is -0.260. The van der Waals surface area contributed by atoms with Crippen molar-refractivity contribution in [3.05, 3.63) is 27.6 Å². The fraction of sp³-hybridized carbons (Fsp3) is 0.167. The Labute approximate surface area is 70.6 Å². The van der Waals surface area contributed by atoms with E-state index in [9.17, 15) is 8.78 Å². The van der Waals surface area contributed by atoms with Crippen LogP contribution in [-0.4, -0.2) is 4.98 Å². The van der Waals surface area contributed by atoms with Gasteiger partial charge in [-0.1, -0.05) is 0 Å². The minimum absolute atomic E-state index is 0.0214. The van der Waals surface area contributed by atoms with Gasteiger partial charge in [-0.05, 0) is 28.7 Å². The van der Waals surface area contributed by atoms with Crippen molar-refractivity contribution in [1.82, 2.24) is 4.98 Å². The molecule has 0 bridgehead atoms. The second-order valence-corrected chi connectivity index (χ2v) is 2.98. The molecule has 4 heteroatoms. The average molecular weight is 255 g/mol. The van der Waals surface area contributed by atoms with E-state index < -0.39 is 6.43 Å². The highest BCUT2D eigenvalue weighted by atomic mass is 127. The predicted octanol–water partition coefficient (Wildman–Crippen LogP) is 2.62. The highest BCUT2D eigenvalue weighted by Gasteiger charge is 2.05. The van der Waals surface area contributed by atoms with Crippen molar-refractivity contribution in [3.63, 3.8) is 0 Å². The van der Waals surface area contributed by atoms with Crippen molar-refractivity contribution >= 4 is 22.6 Å². The highest BCUT2D eigenvalue weighted by molar-refractivity contribution is 14.1. The summed E-state index contributed by atoms with van der Waals surface area (Å²) in [4.78, 5) is 3.62. The number of alkyl halides is 2.